The highest BCUT2D eigenvalue weighted by Gasteiger charge is 2.34. The third-order valence-electron chi connectivity index (χ3n) is 6.03. The first kappa shape index (κ1) is 24.3. The van der Waals surface area contributed by atoms with E-state index in [1.165, 1.54) is 0 Å². The summed E-state index contributed by atoms with van der Waals surface area (Å²) in [5.74, 6) is -1.13. The topological polar surface area (TPSA) is 95.9 Å². The van der Waals surface area contributed by atoms with Crippen LogP contribution < -0.4 is 5.32 Å². The highest BCUT2D eigenvalue weighted by molar-refractivity contribution is 5.89. The molecule has 7 heteroatoms. The summed E-state index contributed by atoms with van der Waals surface area (Å²) in [4.78, 5) is 37.9. The van der Waals surface area contributed by atoms with E-state index in [0.717, 1.165) is 22.3 Å². The van der Waals surface area contributed by atoms with Crippen LogP contribution in [0.15, 0.2) is 48.5 Å². The molecule has 0 unspecified atom stereocenters. The van der Waals surface area contributed by atoms with E-state index in [9.17, 15) is 14.4 Å². The van der Waals surface area contributed by atoms with Gasteiger partial charge < -0.3 is 20.1 Å². The van der Waals surface area contributed by atoms with Gasteiger partial charge in [-0.25, -0.2) is 4.79 Å². The Morgan fingerprint density at radius 1 is 1.00 bits per heavy atom. The van der Waals surface area contributed by atoms with Crippen molar-refractivity contribution < 1.29 is 24.2 Å². The Bertz CT molecular complexity index is 972. The van der Waals surface area contributed by atoms with Gasteiger partial charge in [-0.2, -0.15) is 0 Å². The smallest absolute Gasteiger partial charge is 0.408 e. The second-order valence-corrected chi connectivity index (χ2v) is 8.81. The first-order valence-electron chi connectivity index (χ1n) is 11.4. The van der Waals surface area contributed by atoms with E-state index in [1.54, 1.807) is 18.7 Å². The number of unbranched alkanes of at least 4 members (excludes halogenated alkanes) is 1. The van der Waals surface area contributed by atoms with Crippen molar-refractivity contribution in [1.29, 1.82) is 0 Å². The van der Waals surface area contributed by atoms with Crippen LogP contribution in [0.3, 0.4) is 0 Å². The van der Waals surface area contributed by atoms with E-state index >= 15 is 0 Å². The number of benzene rings is 2. The van der Waals surface area contributed by atoms with Crippen molar-refractivity contribution in [1.82, 2.24) is 10.2 Å². The number of carboxylic acids is 1. The second kappa shape index (κ2) is 10.5. The number of hydrogen-bond acceptors (Lipinski definition) is 4. The Labute approximate surface area is 194 Å². The normalized spacial score (nSPS) is 12.6. The van der Waals surface area contributed by atoms with Gasteiger partial charge in [-0.15, -0.1) is 0 Å². The molecule has 1 aliphatic rings. The fraction of sp³-hybridized carbons (Fsp3) is 0.423. The van der Waals surface area contributed by atoms with Gasteiger partial charge in [0.15, 0.2) is 0 Å². The van der Waals surface area contributed by atoms with Crippen molar-refractivity contribution in [3.63, 3.8) is 0 Å². The molecular weight excluding hydrogens is 420 g/mol. The number of carboxylic acid groups (broad SMARTS) is 1. The molecule has 0 atom stereocenters. The minimum atomic E-state index is -1.15. The first-order valence-corrected chi connectivity index (χ1v) is 11.4. The third-order valence-corrected chi connectivity index (χ3v) is 6.03. The van der Waals surface area contributed by atoms with Gasteiger partial charge >= 0.3 is 12.1 Å². The molecule has 2 aromatic rings. The van der Waals surface area contributed by atoms with Crippen LogP contribution in [0.1, 0.15) is 57.1 Å². The number of ether oxygens (including phenoxy) is 1. The Morgan fingerprint density at radius 3 is 2.12 bits per heavy atom. The number of nitrogens with zero attached hydrogens (tertiary/aromatic N) is 1. The number of nitrogens with one attached hydrogen (secondary N) is 1. The zero-order valence-corrected chi connectivity index (χ0v) is 19.5. The van der Waals surface area contributed by atoms with Crippen molar-refractivity contribution >= 4 is 18.0 Å². The van der Waals surface area contributed by atoms with Crippen LogP contribution in [0.5, 0.6) is 0 Å². The number of carbonyl (C=O) groups is 3. The number of alkyl carbamates (subject to hydrolysis) is 1. The monoisotopic (exact) mass is 452 g/mol. The molecule has 0 heterocycles. The number of fused-ring (bicyclic) bond motifs is 3. The van der Waals surface area contributed by atoms with Gasteiger partial charge in [0, 0.05) is 25.4 Å². The molecule has 3 rings (SSSR count). The van der Waals surface area contributed by atoms with E-state index < -0.39 is 17.6 Å². The highest BCUT2D eigenvalue weighted by Crippen LogP contribution is 2.44. The lowest BCUT2D eigenvalue weighted by Crippen LogP contribution is -2.56. The van der Waals surface area contributed by atoms with Crippen molar-refractivity contribution in [3.8, 4) is 11.1 Å². The molecule has 0 fully saturated rings. The average molecular weight is 453 g/mol. The molecule has 7 nitrogen and oxygen atoms in total. The maximum Gasteiger partial charge on any atom is 0.408 e. The number of carbonyl (C=O) groups excluding carboxylic acids is 2. The van der Waals surface area contributed by atoms with Crippen LogP contribution in [-0.4, -0.2) is 53.2 Å². The van der Waals surface area contributed by atoms with Crippen LogP contribution in [0.2, 0.25) is 0 Å². The van der Waals surface area contributed by atoms with Gasteiger partial charge in [0.05, 0.1) is 0 Å². The zero-order valence-electron chi connectivity index (χ0n) is 19.5. The molecule has 1 aliphatic carbocycles. The predicted molar refractivity (Wildman–Crippen MR) is 126 cm³/mol. The molecule has 0 saturated carbocycles. The summed E-state index contributed by atoms with van der Waals surface area (Å²) in [5, 5.41) is 11.5. The van der Waals surface area contributed by atoms with Gasteiger partial charge in [0.1, 0.15) is 12.1 Å². The largest absolute Gasteiger partial charge is 0.481 e. The number of aliphatic carboxylic acids is 1. The van der Waals surface area contributed by atoms with E-state index in [-0.39, 0.29) is 24.9 Å². The molecule has 2 N–H and O–H groups in total. The molecule has 0 saturated heterocycles. The number of hydrogen-bond donors (Lipinski definition) is 2. The summed E-state index contributed by atoms with van der Waals surface area (Å²) in [6.07, 6.45) is 0.525. The minimum absolute atomic E-state index is 0.0525. The second-order valence-electron chi connectivity index (χ2n) is 8.81. The number of rotatable bonds is 10. The quantitative estimate of drug-likeness (QED) is 0.521. The Hall–Kier alpha value is -3.35. The molecule has 0 bridgehead atoms. The van der Waals surface area contributed by atoms with Crippen molar-refractivity contribution in [3.05, 3.63) is 59.7 Å². The summed E-state index contributed by atoms with van der Waals surface area (Å²) >= 11 is 0. The molecule has 176 valence electrons. The maximum absolute atomic E-state index is 13.0. The zero-order chi connectivity index (χ0) is 24.0. The third kappa shape index (κ3) is 5.72. The first-order chi connectivity index (χ1) is 15.7. The molecule has 0 aromatic heterocycles. The van der Waals surface area contributed by atoms with Gasteiger partial charge in [-0.3, -0.25) is 9.59 Å². The van der Waals surface area contributed by atoms with Crippen LogP contribution in [-0.2, 0) is 14.3 Å². The van der Waals surface area contributed by atoms with Gasteiger partial charge in [0.25, 0.3) is 0 Å². The average Bonchev–Trinajstić information content (AvgIpc) is 3.10. The summed E-state index contributed by atoms with van der Waals surface area (Å²) in [6.45, 7) is 6.25. The number of amides is 2. The summed E-state index contributed by atoms with van der Waals surface area (Å²) < 4.78 is 5.58. The van der Waals surface area contributed by atoms with Gasteiger partial charge in [0.2, 0.25) is 5.91 Å². The fourth-order valence-electron chi connectivity index (χ4n) is 4.32. The van der Waals surface area contributed by atoms with Crippen molar-refractivity contribution in [2.24, 2.45) is 0 Å². The van der Waals surface area contributed by atoms with Gasteiger partial charge in [-0.1, -0.05) is 48.5 Å². The molecular formula is C26H32N2O5. The fourth-order valence-corrected chi connectivity index (χ4v) is 4.32. The number of likely N-dealkylation sites (N-methyl/N-ethyl adjacent to an activating group) is 1. The molecule has 2 amide bonds. The van der Waals surface area contributed by atoms with Crippen molar-refractivity contribution in [2.45, 2.75) is 51.5 Å². The Morgan fingerprint density at radius 2 is 1.58 bits per heavy atom. The van der Waals surface area contributed by atoms with E-state index in [4.69, 9.17) is 9.84 Å². The molecule has 0 spiro atoms. The summed E-state index contributed by atoms with van der Waals surface area (Å²) in [7, 11) is 0. The van der Waals surface area contributed by atoms with Crippen molar-refractivity contribution in [2.75, 3.05) is 19.7 Å². The molecule has 0 aliphatic heterocycles. The van der Waals surface area contributed by atoms with Crippen LogP contribution in [0.4, 0.5) is 4.79 Å². The van der Waals surface area contributed by atoms with E-state index in [2.05, 4.69) is 29.6 Å². The molecule has 33 heavy (non-hydrogen) atoms. The lowest BCUT2D eigenvalue weighted by Gasteiger charge is -2.32. The molecule has 2 aromatic carbocycles. The Balaban J connectivity index is 1.58. The summed E-state index contributed by atoms with van der Waals surface area (Å²) in [5.41, 5.74) is 3.41. The Kier molecular flexibility index (Phi) is 7.74. The lowest BCUT2D eigenvalue weighted by molar-refractivity contribution is -0.137. The van der Waals surface area contributed by atoms with E-state index in [0.29, 0.717) is 25.9 Å². The standard InChI is InChI=1S/C26H32N2O5/c1-4-28(16-10-9-15-23(29)30)24(31)26(2,3)27-25(32)33-17-22-20-13-7-5-11-18(20)19-12-6-8-14-21(19)22/h5-8,11-14,22H,4,9-10,15-17H2,1-3H3,(H,27,32)(H,29,30). The van der Waals surface area contributed by atoms with Crippen LogP contribution >= 0.6 is 0 Å². The maximum atomic E-state index is 13.0. The lowest BCUT2D eigenvalue weighted by atomic mass is 9.98. The van der Waals surface area contributed by atoms with Crippen LogP contribution in [0, 0.1) is 0 Å². The SMILES string of the molecule is CCN(CCCCC(=O)O)C(=O)C(C)(C)NC(=O)OCC1c2ccccc2-c2ccccc21. The molecule has 0 radical (unpaired) electrons. The van der Waals surface area contributed by atoms with Crippen LogP contribution in [0.25, 0.3) is 11.1 Å². The highest BCUT2D eigenvalue weighted by atomic mass is 16.5. The van der Waals surface area contributed by atoms with Gasteiger partial charge in [-0.05, 0) is 55.9 Å². The summed E-state index contributed by atoms with van der Waals surface area (Å²) in [6, 6.07) is 16.2. The van der Waals surface area contributed by atoms with E-state index in [1.807, 2.05) is 31.2 Å². The minimum Gasteiger partial charge on any atom is -0.481 e. The predicted octanol–water partition coefficient (Wildman–Crippen LogP) is 4.41.